The molecule has 1 amide bonds. The monoisotopic (exact) mass is 295 g/mol. The van der Waals surface area contributed by atoms with Crippen LogP contribution in [-0.2, 0) is 11.2 Å². The summed E-state index contributed by atoms with van der Waals surface area (Å²) in [5, 5.41) is 9.65. The molecule has 1 saturated heterocycles. The van der Waals surface area contributed by atoms with Crippen molar-refractivity contribution in [1.29, 1.82) is 0 Å². The molecule has 20 heavy (non-hydrogen) atoms. The number of nitrogens with zero attached hydrogens (tertiary/aromatic N) is 1. The average molecular weight is 295 g/mol. The van der Waals surface area contributed by atoms with E-state index in [1.807, 2.05) is 6.92 Å². The van der Waals surface area contributed by atoms with Crippen molar-refractivity contribution < 1.29 is 4.79 Å². The Morgan fingerprint density at radius 1 is 1.50 bits per heavy atom. The van der Waals surface area contributed by atoms with Gasteiger partial charge in [0, 0.05) is 18.3 Å². The summed E-state index contributed by atoms with van der Waals surface area (Å²) < 4.78 is 0. The third kappa shape index (κ3) is 4.87. The van der Waals surface area contributed by atoms with Crippen molar-refractivity contribution in [2.45, 2.75) is 46.0 Å². The Bertz CT molecular complexity index is 438. The zero-order chi connectivity index (χ0) is 14.4. The Hall–Kier alpha value is -0.940. The van der Waals surface area contributed by atoms with Crippen LogP contribution in [0.25, 0.3) is 0 Å². The van der Waals surface area contributed by atoms with Gasteiger partial charge >= 0.3 is 0 Å². The van der Waals surface area contributed by atoms with Crippen molar-refractivity contribution in [2.24, 2.45) is 5.41 Å². The number of nitrogens with one attached hydrogen (secondary N) is 2. The highest BCUT2D eigenvalue weighted by molar-refractivity contribution is 7.09. The normalized spacial score (nSPS) is 17.9. The Balaban J connectivity index is 1.62. The summed E-state index contributed by atoms with van der Waals surface area (Å²) in [6.45, 7) is 7.22. The number of hydrogen-bond acceptors (Lipinski definition) is 4. The molecule has 0 bridgehead atoms. The van der Waals surface area contributed by atoms with Crippen LogP contribution in [0.4, 0.5) is 0 Å². The fourth-order valence-electron chi connectivity index (χ4n) is 2.56. The standard InChI is InChI=1S/C15H25N3OS/c1-12-18-13(10-20-12)4-3-5-14(19)17-11-15(2)6-8-16-9-7-15/h10,16H,3-9,11H2,1-2H3,(H,17,19). The fraction of sp³-hybridized carbons (Fsp3) is 0.733. The molecule has 0 unspecified atom stereocenters. The number of aromatic nitrogens is 1. The molecule has 1 aromatic heterocycles. The van der Waals surface area contributed by atoms with E-state index in [2.05, 4.69) is 27.9 Å². The molecular weight excluding hydrogens is 270 g/mol. The first-order chi connectivity index (χ1) is 9.57. The number of thiazole rings is 1. The van der Waals surface area contributed by atoms with Crippen LogP contribution in [0, 0.1) is 12.3 Å². The van der Waals surface area contributed by atoms with Crippen LogP contribution in [0.5, 0.6) is 0 Å². The second-order valence-corrected chi connectivity index (χ2v) is 7.11. The lowest BCUT2D eigenvalue weighted by Crippen LogP contribution is -2.42. The molecule has 1 aliphatic heterocycles. The lowest BCUT2D eigenvalue weighted by molar-refractivity contribution is -0.121. The molecule has 1 aliphatic rings. The largest absolute Gasteiger partial charge is 0.356 e. The van der Waals surface area contributed by atoms with Crippen molar-refractivity contribution in [2.75, 3.05) is 19.6 Å². The Kier molecular flexibility index (Phi) is 5.54. The Morgan fingerprint density at radius 2 is 2.25 bits per heavy atom. The van der Waals surface area contributed by atoms with Crippen LogP contribution < -0.4 is 10.6 Å². The van der Waals surface area contributed by atoms with Crippen LogP contribution in [0.15, 0.2) is 5.38 Å². The van der Waals surface area contributed by atoms with Crippen LogP contribution >= 0.6 is 11.3 Å². The first-order valence-corrected chi connectivity index (χ1v) is 8.34. The summed E-state index contributed by atoms with van der Waals surface area (Å²) in [4.78, 5) is 16.3. The van der Waals surface area contributed by atoms with Gasteiger partial charge in [-0.2, -0.15) is 0 Å². The van der Waals surface area contributed by atoms with E-state index in [4.69, 9.17) is 0 Å². The molecular formula is C15H25N3OS. The van der Waals surface area contributed by atoms with Gasteiger partial charge in [-0.05, 0) is 51.1 Å². The van der Waals surface area contributed by atoms with Gasteiger partial charge in [0.1, 0.15) is 0 Å². The minimum absolute atomic E-state index is 0.178. The summed E-state index contributed by atoms with van der Waals surface area (Å²) in [6, 6.07) is 0. The first-order valence-electron chi connectivity index (χ1n) is 7.46. The second-order valence-electron chi connectivity index (χ2n) is 6.05. The number of rotatable bonds is 6. The summed E-state index contributed by atoms with van der Waals surface area (Å²) in [7, 11) is 0. The van der Waals surface area contributed by atoms with Gasteiger partial charge in [0.15, 0.2) is 0 Å². The number of amides is 1. The van der Waals surface area contributed by atoms with E-state index in [-0.39, 0.29) is 11.3 Å². The Morgan fingerprint density at radius 3 is 2.90 bits per heavy atom. The molecule has 2 rings (SSSR count). The maximum absolute atomic E-state index is 11.9. The van der Waals surface area contributed by atoms with Crippen molar-refractivity contribution in [3.63, 3.8) is 0 Å². The van der Waals surface area contributed by atoms with Crippen LogP contribution in [0.2, 0.25) is 0 Å². The molecule has 4 nitrogen and oxygen atoms in total. The highest BCUT2D eigenvalue weighted by Gasteiger charge is 2.26. The molecule has 0 atom stereocenters. The van der Waals surface area contributed by atoms with Gasteiger partial charge in [-0.15, -0.1) is 11.3 Å². The van der Waals surface area contributed by atoms with E-state index in [1.165, 1.54) is 0 Å². The van der Waals surface area contributed by atoms with E-state index in [1.54, 1.807) is 11.3 Å². The molecule has 0 aliphatic carbocycles. The number of hydrogen-bond donors (Lipinski definition) is 2. The molecule has 112 valence electrons. The summed E-state index contributed by atoms with van der Waals surface area (Å²) in [5.41, 5.74) is 1.39. The van der Waals surface area contributed by atoms with Crippen molar-refractivity contribution >= 4 is 17.2 Å². The molecule has 0 saturated carbocycles. The maximum atomic E-state index is 11.9. The highest BCUT2D eigenvalue weighted by Crippen LogP contribution is 2.26. The third-order valence-corrected chi connectivity index (χ3v) is 4.85. The molecule has 1 aromatic rings. The third-order valence-electron chi connectivity index (χ3n) is 4.03. The van der Waals surface area contributed by atoms with Crippen LogP contribution in [0.3, 0.4) is 0 Å². The fourth-order valence-corrected chi connectivity index (χ4v) is 3.21. The number of carbonyl (C=O) groups is 1. The van der Waals surface area contributed by atoms with E-state index >= 15 is 0 Å². The minimum atomic E-state index is 0.178. The summed E-state index contributed by atoms with van der Waals surface area (Å²) in [6.07, 6.45) is 4.67. The van der Waals surface area contributed by atoms with Gasteiger partial charge < -0.3 is 10.6 Å². The van der Waals surface area contributed by atoms with Crippen molar-refractivity contribution in [3.8, 4) is 0 Å². The zero-order valence-corrected chi connectivity index (χ0v) is 13.3. The summed E-state index contributed by atoms with van der Waals surface area (Å²) >= 11 is 1.67. The number of piperidine rings is 1. The van der Waals surface area contributed by atoms with Gasteiger partial charge in [0.25, 0.3) is 0 Å². The lowest BCUT2D eigenvalue weighted by Gasteiger charge is -2.34. The molecule has 0 spiro atoms. The smallest absolute Gasteiger partial charge is 0.220 e. The zero-order valence-electron chi connectivity index (χ0n) is 12.5. The van der Waals surface area contributed by atoms with E-state index in [9.17, 15) is 4.79 Å². The van der Waals surface area contributed by atoms with E-state index in [0.717, 1.165) is 56.0 Å². The first kappa shape index (κ1) is 15.4. The average Bonchev–Trinajstić information content (AvgIpc) is 2.83. The highest BCUT2D eigenvalue weighted by atomic mass is 32.1. The molecule has 0 aromatic carbocycles. The topological polar surface area (TPSA) is 54.0 Å². The van der Waals surface area contributed by atoms with Gasteiger partial charge in [-0.25, -0.2) is 4.98 Å². The maximum Gasteiger partial charge on any atom is 0.220 e. The number of aryl methyl sites for hydroxylation is 2. The molecule has 0 radical (unpaired) electrons. The van der Waals surface area contributed by atoms with Gasteiger partial charge in [-0.3, -0.25) is 4.79 Å². The minimum Gasteiger partial charge on any atom is -0.356 e. The van der Waals surface area contributed by atoms with Gasteiger partial charge in [0.2, 0.25) is 5.91 Å². The molecule has 1 fully saturated rings. The van der Waals surface area contributed by atoms with Gasteiger partial charge in [0.05, 0.1) is 10.7 Å². The van der Waals surface area contributed by atoms with Crippen molar-refractivity contribution in [1.82, 2.24) is 15.6 Å². The molecule has 2 N–H and O–H groups in total. The lowest BCUT2D eigenvalue weighted by atomic mass is 9.81. The van der Waals surface area contributed by atoms with E-state index in [0.29, 0.717) is 6.42 Å². The SMILES string of the molecule is Cc1nc(CCCC(=O)NCC2(C)CCNCC2)cs1. The van der Waals surface area contributed by atoms with E-state index < -0.39 is 0 Å². The summed E-state index contributed by atoms with van der Waals surface area (Å²) in [5.74, 6) is 0.178. The number of carbonyl (C=O) groups excluding carboxylic acids is 1. The quantitative estimate of drug-likeness (QED) is 0.846. The van der Waals surface area contributed by atoms with Gasteiger partial charge in [-0.1, -0.05) is 6.92 Å². The second kappa shape index (κ2) is 7.18. The predicted molar refractivity (Wildman–Crippen MR) is 83.0 cm³/mol. The Labute approximate surface area is 125 Å². The molecule has 5 heteroatoms. The molecule has 2 heterocycles. The van der Waals surface area contributed by atoms with Crippen LogP contribution in [0.1, 0.15) is 43.3 Å². The van der Waals surface area contributed by atoms with Crippen molar-refractivity contribution in [3.05, 3.63) is 16.1 Å². The van der Waals surface area contributed by atoms with Crippen LogP contribution in [-0.4, -0.2) is 30.5 Å². The predicted octanol–water partition coefficient (Wildman–Crippen LogP) is 2.28.